The van der Waals surface area contributed by atoms with Gasteiger partial charge < -0.3 is 9.15 Å². The number of anilines is 1. The number of benzene rings is 3. The van der Waals surface area contributed by atoms with E-state index in [1.807, 2.05) is 48.5 Å². The highest BCUT2D eigenvalue weighted by molar-refractivity contribution is 7.89. The van der Waals surface area contributed by atoms with Gasteiger partial charge in [-0.25, -0.2) is 13.4 Å². The predicted molar refractivity (Wildman–Crippen MR) is 148 cm³/mol. The van der Waals surface area contributed by atoms with Gasteiger partial charge >= 0.3 is 0 Å². The van der Waals surface area contributed by atoms with E-state index in [9.17, 15) is 13.2 Å². The fourth-order valence-electron chi connectivity index (χ4n) is 3.96. The summed E-state index contributed by atoms with van der Waals surface area (Å²) >= 11 is 1.27. The van der Waals surface area contributed by atoms with E-state index < -0.39 is 10.0 Å². The molecule has 8 nitrogen and oxygen atoms in total. The number of carbonyl (C=O) groups excluding carboxylic acids is 1. The van der Waals surface area contributed by atoms with Crippen molar-refractivity contribution in [3.63, 3.8) is 0 Å². The second-order valence-corrected chi connectivity index (χ2v) is 11.2. The molecule has 0 fully saturated rings. The normalized spacial score (nSPS) is 11.7. The molecule has 10 heteroatoms. The van der Waals surface area contributed by atoms with Gasteiger partial charge in [-0.05, 0) is 48.0 Å². The summed E-state index contributed by atoms with van der Waals surface area (Å²) in [7, 11) is -2.12. The van der Waals surface area contributed by atoms with Gasteiger partial charge in [0, 0.05) is 35.5 Å². The van der Waals surface area contributed by atoms with E-state index in [0.29, 0.717) is 40.0 Å². The third-order valence-corrected chi connectivity index (χ3v) is 8.71. The number of aromatic nitrogens is 1. The number of fused-ring (bicyclic) bond motifs is 1. The standard InChI is InChI=1S/C28H25N3O5S2/c1-3-31(17-19-7-5-4-6-8-19)38(33,34)23-13-10-20(11-14-23)27(32)30-28-29-24(18-37-28)26-15-21-9-12-22(35-2)16-25(21)36-26/h4-16,18H,3,17H2,1-2H3,(H,29,30,32). The Hall–Kier alpha value is -3.99. The Labute approximate surface area is 224 Å². The van der Waals surface area contributed by atoms with Crippen LogP contribution in [0.2, 0.25) is 0 Å². The molecular formula is C28H25N3O5S2. The van der Waals surface area contributed by atoms with Gasteiger partial charge in [0.25, 0.3) is 5.91 Å². The third kappa shape index (κ3) is 5.33. The highest BCUT2D eigenvalue weighted by atomic mass is 32.2. The first-order valence-electron chi connectivity index (χ1n) is 11.9. The van der Waals surface area contributed by atoms with E-state index in [1.54, 1.807) is 25.5 Å². The molecule has 0 aliphatic heterocycles. The second-order valence-electron chi connectivity index (χ2n) is 8.45. The molecule has 0 spiro atoms. The number of carbonyl (C=O) groups is 1. The number of nitrogens with one attached hydrogen (secondary N) is 1. The van der Waals surface area contributed by atoms with Crippen molar-refractivity contribution >= 4 is 43.4 Å². The number of rotatable bonds is 9. The summed E-state index contributed by atoms with van der Waals surface area (Å²) in [5.74, 6) is 0.887. The molecule has 0 saturated carbocycles. The molecule has 1 amide bonds. The molecular weight excluding hydrogens is 522 g/mol. The van der Waals surface area contributed by atoms with Crippen LogP contribution >= 0.6 is 11.3 Å². The molecule has 0 saturated heterocycles. The first kappa shape index (κ1) is 25.7. The summed E-state index contributed by atoms with van der Waals surface area (Å²) in [5, 5.41) is 5.89. The van der Waals surface area contributed by atoms with Crippen LogP contribution in [0.15, 0.2) is 93.6 Å². The summed E-state index contributed by atoms with van der Waals surface area (Å²) in [6.45, 7) is 2.39. The number of methoxy groups -OCH3 is 1. The van der Waals surface area contributed by atoms with Gasteiger partial charge in [-0.15, -0.1) is 11.3 Å². The number of nitrogens with zero attached hydrogens (tertiary/aromatic N) is 2. The minimum atomic E-state index is -3.72. The Morgan fingerprint density at radius 2 is 1.82 bits per heavy atom. The van der Waals surface area contributed by atoms with Crippen LogP contribution in [0.3, 0.4) is 0 Å². The van der Waals surface area contributed by atoms with E-state index in [0.717, 1.165) is 10.9 Å². The first-order chi connectivity index (χ1) is 18.4. The van der Waals surface area contributed by atoms with E-state index >= 15 is 0 Å². The highest BCUT2D eigenvalue weighted by Gasteiger charge is 2.23. The van der Waals surface area contributed by atoms with Crippen molar-refractivity contribution in [2.75, 3.05) is 19.0 Å². The lowest BCUT2D eigenvalue weighted by Gasteiger charge is -2.20. The molecule has 3 aromatic carbocycles. The Morgan fingerprint density at radius 3 is 2.53 bits per heavy atom. The lowest BCUT2D eigenvalue weighted by Crippen LogP contribution is -2.30. The van der Waals surface area contributed by atoms with Crippen LogP contribution < -0.4 is 10.1 Å². The predicted octanol–water partition coefficient (Wildman–Crippen LogP) is 6.03. The number of hydrogen-bond acceptors (Lipinski definition) is 7. The summed E-state index contributed by atoms with van der Waals surface area (Å²) in [4.78, 5) is 17.4. The zero-order valence-corrected chi connectivity index (χ0v) is 22.4. The average molecular weight is 548 g/mol. The van der Waals surface area contributed by atoms with Gasteiger partial charge in [-0.2, -0.15) is 4.31 Å². The van der Waals surface area contributed by atoms with Gasteiger partial charge in [-0.3, -0.25) is 10.1 Å². The number of thiazole rings is 1. The molecule has 5 rings (SSSR count). The molecule has 5 aromatic rings. The fraction of sp³-hybridized carbons (Fsp3) is 0.143. The minimum Gasteiger partial charge on any atom is -0.497 e. The molecule has 38 heavy (non-hydrogen) atoms. The summed E-state index contributed by atoms with van der Waals surface area (Å²) in [5.41, 5.74) is 2.50. The molecule has 0 atom stereocenters. The molecule has 0 unspecified atom stereocenters. The zero-order valence-electron chi connectivity index (χ0n) is 20.7. The van der Waals surface area contributed by atoms with E-state index in [4.69, 9.17) is 9.15 Å². The number of amides is 1. The lowest BCUT2D eigenvalue weighted by atomic mass is 10.2. The van der Waals surface area contributed by atoms with Crippen LogP contribution in [-0.4, -0.2) is 37.3 Å². The number of furan rings is 1. The Kier molecular flexibility index (Phi) is 7.28. The van der Waals surface area contributed by atoms with Gasteiger partial charge in [0.05, 0.1) is 12.0 Å². The van der Waals surface area contributed by atoms with Crippen LogP contribution in [0.1, 0.15) is 22.8 Å². The molecule has 0 radical (unpaired) electrons. The van der Waals surface area contributed by atoms with Crippen molar-refractivity contribution in [1.82, 2.24) is 9.29 Å². The smallest absolute Gasteiger partial charge is 0.257 e. The maximum absolute atomic E-state index is 13.2. The van der Waals surface area contributed by atoms with Crippen LogP contribution in [0.4, 0.5) is 5.13 Å². The topological polar surface area (TPSA) is 102 Å². The monoisotopic (exact) mass is 547 g/mol. The molecule has 2 aromatic heterocycles. The number of hydrogen-bond donors (Lipinski definition) is 1. The van der Waals surface area contributed by atoms with E-state index in [-0.39, 0.29) is 17.3 Å². The third-order valence-electron chi connectivity index (χ3n) is 6.01. The van der Waals surface area contributed by atoms with Crippen LogP contribution in [0, 0.1) is 0 Å². The van der Waals surface area contributed by atoms with Crippen molar-refractivity contribution in [2.45, 2.75) is 18.4 Å². The fourth-order valence-corrected chi connectivity index (χ4v) is 6.09. The maximum atomic E-state index is 13.2. The first-order valence-corrected chi connectivity index (χ1v) is 14.2. The summed E-state index contributed by atoms with van der Waals surface area (Å²) in [6, 6.07) is 22.8. The largest absolute Gasteiger partial charge is 0.497 e. The van der Waals surface area contributed by atoms with Crippen molar-refractivity contribution in [1.29, 1.82) is 0 Å². The Bertz CT molecular complexity index is 1680. The second kappa shape index (κ2) is 10.8. The van der Waals surface area contributed by atoms with Crippen molar-refractivity contribution in [3.8, 4) is 17.2 Å². The van der Waals surface area contributed by atoms with Gasteiger partial charge in [0.15, 0.2) is 10.9 Å². The summed E-state index contributed by atoms with van der Waals surface area (Å²) in [6.07, 6.45) is 0. The summed E-state index contributed by atoms with van der Waals surface area (Å²) < 4.78 is 38.9. The SMILES string of the molecule is CCN(Cc1ccccc1)S(=O)(=O)c1ccc(C(=O)Nc2nc(-c3cc4ccc(OC)cc4o3)cs2)cc1. The van der Waals surface area contributed by atoms with Crippen LogP contribution in [0.25, 0.3) is 22.4 Å². The minimum absolute atomic E-state index is 0.130. The van der Waals surface area contributed by atoms with Gasteiger partial charge in [0.2, 0.25) is 10.0 Å². The molecule has 0 aliphatic carbocycles. The van der Waals surface area contributed by atoms with Gasteiger partial charge in [-0.1, -0.05) is 37.3 Å². The van der Waals surface area contributed by atoms with E-state index in [2.05, 4.69) is 10.3 Å². The molecule has 1 N–H and O–H groups in total. The van der Waals surface area contributed by atoms with Crippen molar-refractivity contribution in [2.24, 2.45) is 0 Å². The van der Waals surface area contributed by atoms with E-state index in [1.165, 1.54) is 39.9 Å². The zero-order chi connectivity index (χ0) is 26.7. The Morgan fingerprint density at radius 1 is 1.05 bits per heavy atom. The maximum Gasteiger partial charge on any atom is 0.257 e. The average Bonchev–Trinajstić information content (AvgIpc) is 3.58. The van der Waals surface area contributed by atoms with Gasteiger partial charge in [0.1, 0.15) is 17.0 Å². The number of sulfonamides is 1. The molecule has 0 bridgehead atoms. The molecule has 194 valence electrons. The molecule has 2 heterocycles. The number of ether oxygens (including phenoxy) is 1. The quantitative estimate of drug-likeness (QED) is 0.242. The van der Waals surface area contributed by atoms with Crippen LogP contribution in [0.5, 0.6) is 5.75 Å². The van der Waals surface area contributed by atoms with Crippen LogP contribution in [-0.2, 0) is 16.6 Å². The Balaban J connectivity index is 1.28. The lowest BCUT2D eigenvalue weighted by molar-refractivity contribution is 0.102. The molecule has 0 aliphatic rings. The van der Waals surface area contributed by atoms with Crippen molar-refractivity contribution < 1.29 is 22.4 Å². The van der Waals surface area contributed by atoms with Crippen molar-refractivity contribution in [3.05, 3.63) is 95.4 Å². The highest BCUT2D eigenvalue weighted by Crippen LogP contribution is 2.32.